The molecule has 0 fully saturated rings. The average Bonchev–Trinajstić information content (AvgIpc) is 2.47. The van der Waals surface area contributed by atoms with E-state index in [9.17, 15) is 4.39 Å². The van der Waals surface area contributed by atoms with Crippen LogP contribution in [0.25, 0.3) is 10.9 Å². The van der Waals surface area contributed by atoms with Gasteiger partial charge in [-0.05, 0) is 37.7 Å². The minimum Gasteiger partial charge on any atom is -0.295 e. The molecule has 0 aliphatic carbocycles. The summed E-state index contributed by atoms with van der Waals surface area (Å²) in [7, 11) is 1.98. The van der Waals surface area contributed by atoms with Crippen LogP contribution in [0.5, 0.6) is 0 Å². The fraction of sp³-hybridized carbons (Fsp3) is 0.222. The summed E-state index contributed by atoms with van der Waals surface area (Å²) < 4.78 is 13.2. The summed E-state index contributed by atoms with van der Waals surface area (Å²) in [5.74, 6) is 0.582. The van der Waals surface area contributed by atoms with Gasteiger partial charge in [-0.25, -0.2) is 14.4 Å². The Morgan fingerprint density at radius 1 is 1.00 bits per heavy atom. The highest BCUT2D eigenvalue weighted by Crippen LogP contribution is 2.15. The van der Waals surface area contributed by atoms with Gasteiger partial charge in [0.2, 0.25) is 0 Å². The molecular weight excluding hydrogens is 277 g/mol. The Morgan fingerprint density at radius 2 is 1.82 bits per heavy atom. The third-order valence-electron chi connectivity index (χ3n) is 3.59. The van der Waals surface area contributed by atoms with Crippen LogP contribution in [0, 0.1) is 12.7 Å². The highest BCUT2D eigenvalue weighted by atomic mass is 19.1. The molecule has 22 heavy (non-hydrogen) atoms. The summed E-state index contributed by atoms with van der Waals surface area (Å²) in [6.45, 7) is 3.29. The number of benzene rings is 2. The van der Waals surface area contributed by atoms with Crippen LogP contribution in [0.1, 0.15) is 17.1 Å². The van der Waals surface area contributed by atoms with Crippen LogP contribution in [0.3, 0.4) is 0 Å². The Kier molecular flexibility index (Phi) is 4.11. The van der Waals surface area contributed by atoms with Gasteiger partial charge in [-0.3, -0.25) is 4.90 Å². The summed E-state index contributed by atoms with van der Waals surface area (Å²) >= 11 is 0. The fourth-order valence-corrected chi connectivity index (χ4v) is 2.61. The van der Waals surface area contributed by atoms with Gasteiger partial charge in [0.15, 0.2) is 0 Å². The monoisotopic (exact) mass is 295 g/mol. The predicted molar refractivity (Wildman–Crippen MR) is 85.8 cm³/mol. The van der Waals surface area contributed by atoms with E-state index in [1.807, 2.05) is 44.3 Å². The zero-order valence-corrected chi connectivity index (χ0v) is 12.8. The number of halogens is 1. The maximum Gasteiger partial charge on any atom is 0.143 e. The van der Waals surface area contributed by atoms with Crippen LogP contribution in [0.2, 0.25) is 0 Å². The van der Waals surface area contributed by atoms with Crippen molar-refractivity contribution in [3.63, 3.8) is 0 Å². The second-order valence-corrected chi connectivity index (χ2v) is 5.54. The van der Waals surface area contributed by atoms with E-state index in [0.29, 0.717) is 13.1 Å². The summed E-state index contributed by atoms with van der Waals surface area (Å²) in [6.07, 6.45) is 0. The van der Waals surface area contributed by atoms with E-state index >= 15 is 0 Å². The fourth-order valence-electron chi connectivity index (χ4n) is 2.61. The van der Waals surface area contributed by atoms with Crippen LogP contribution < -0.4 is 0 Å². The molecule has 1 heterocycles. The molecule has 0 saturated heterocycles. The molecule has 0 radical (unpaired) electrons. The lowest BCUT2D eigenvalue weighted by Gasteiger charge is -2.16. The van der Waals surface area contributed by atoms with Gasteiger partial charge >= 0.3 is 0 Å². The topological polar surface area (TPSA) is 29.0 Å². The molecule has 0 saturated carbocycles. The van der Waals surface area contributed by atoms with Crippen LogP contribution in [0.15, 0.2) is 48.5 Å². The van der Waals surface area contributed by atoms with Crippen molar-refractivity contribution in [3.05, 3.63) is 71.4 Å². The quantitative estimate of drug-likeness (QED) is 0.734. The van der Waals surface area contributed by atoms with Crippen molar-refractivity contribution in [1.29, 1.82) is 0 Å². The predicted octanol–water partition coefficient (Wildman–Crippen LogP) is 3.71. The summed E-state index contributed by atoms with van der Waals surface area (Å²) in [4.78, 5) is 11.3. The number of nitrogens with zero attached hydrogens (tertiary/aromatic N) is 3. The molecule has 3 aromatic rings. The number of aromatic nitrogens is 2. The van der Waals surface area contributed by atoms with E-state index in [4.69, 9.17) is 0 Å². The van der Waals surface area contributed by atoms with E-state index < -0.39 is 0 Å². The lowest BCUT2D eigenvalue weighted by molar-refractivity contribution is 0.310. The van der Waals surface area contributed by atoms with Crippen molar-refractivity contribution in [2.75, 3.05) is 7.05 Å². The number of rotatable bonds is 4. The van der Waals surface area contributed by atoms with Gasteiger partial charge in [-0.2, -0.15) is 0 Å². The molecule has 0 atom stereocenters. The largest absolute Gasteiger partial charge is 0.295 e. The van der Waals surface area contributed by atoms with E-state index in [1.165, 1.54) is 6.07 Å². The van der Waals surface area contributed by atoms with Crippen LogP contribution in [0.4, 0.5) is 4.39 Å². The Morgan fingerprint density at radius 3 is 2.64 bits per heavy atom. The van der Waals surface area contributed by atoms with Crippen molar-refractivity contribution >= 4 is 10.9 Å². The first-order valence-electron chi connectivity index (χ1n) is 7.27. The van der Waals surface area contributed by atoms with Crippen molar-refractivity contribution < 1.29 is 4.39 Å². The molecule has 3 rings (SSSR count). The molecule has 0 spiro atoms. The normalized spacial score (nSPS) is 11.3. The molecule has 0 aliphatic heterocycles. The molecule has 4 heteroatoms. The Labute approximate surface area is 129 Å². The first kappa shape index (κ1) is 14.6. The maximum atomic E-state index is 13.2. The molecule has 0 N–H and O–H groups in total. The molecular formula is C18H18FN3. The van der Waals surface area contributed by atoms with Gasteiger partial charge in [0.05, 0.1) is 12.1 Å². The summed E-state index contributed by atoms with van der Waals surface area (Å²) in [6, 6.07) is 14.7. The second kappa shape index (κ2) is 6.20. The Hall–Kier alpha value is -2.33. The molecule has 0 unspecified atom stereocenters. The SMILES string of the molecule is Cc1nc(CN(C)Cc2cccc(F)c2)nc2ccccc12. The summed E-state index contributed by atoms with van der Waals surface area (Å²) in [5, 5.41) is 1.08. The van der Waals surface area contributed by atoms with E-state index in [-0.39, 0.29) is 5.82 Å². The highest BCUT2D eigenvalue weighted by molar-refractivity contribution is 5.80. The number of aryl methyl sites for hydroxylation is 1. The average molecular weight is 295 g/mol. The van der Waals surface area contributed by atoms with E-state index in [1.54, 1.807) is 12.1 Å². The maximum absolute atomic E-state index is 13.2. The van der Waals surface area contributed by atoms with Gasteiger partial charge in [-0.15, -0.1) is 0 Å². The Bertz CT molecular complexity index is 801. The molecule has 0 aliphatic rings. The van der Waals surface area contributed by atoms with Gasteiger partial charge in [0.25, 0.3) is 0 Å². The van der Waals surface area contributed by atoms with Gasteiger partial charge in [-0.1, -0.05) is 30.3 Å². The van der Waals surface area contributed by atoms with Gasteiger partial charge in [0.1, 0.15) is 11.6 Å². The molecule has 3 nitrogen and oxygen atoms in total. The molecule has 0 bridgehead atoms. The highest BCUT2D eigenvalue weighted by Gasteiger charge is 2.08. The summed E-state index contributed by atoms with van der Waals surface area (Å²) in [5.41, 5.74) is 2.89. The van der Waals surface area contributed by atoms with Crippen molar-refractivity contribution in [2.24, 2.45) is 0 Å². The molecule has 0 amide bonds. The van der Waals surface area contributed by atoms with E-state index in [0.717, 1.165) is 28.0 Å². The first-order chi connectivity index (χ1) is 10.6. The minimum atomic E-state index is -0.205. The first-order valence-corrected chi connectivity index (χ1v) is 7.27. The van der Waals surface area contributed by atoms with E-state index in [2.05, 4.69) is 14.9 Å². The molecule has 1 aromatic heterocycles. The number of fused-ring (bicyclic) bond motifs is 1. The zero-order chi connectivity index (χ0) is 15.5. The Balaban J connectivity index is 1.77. The molecule has 112 valence electrons. The van der Waals surface area contributed by atoms with Crippen molar-refractivity contribution in [2.45, 2.75) is 20.0 Å². The van der Waals surface area contributed by atoms with Crippen molar-refractivity contribution in [3.8, 4) is 0 Å². The van der Waals surface area contributed by atoms with Crippen LogP contribution in [-0.4, -0.2) is 21.9 Å². The van der Waals surface area contributed by atoms with Crippen LogP contribution in [-0.2, 0) is 13.1 Å². The van der Waals surface area contributed by atoms with Crippen LogP contribution >= 0.6 is 0 Å². The standard InChI is InChI=1S/C18H18FN3/c1-13-16-8-3-4-9-17(16)21-18(20-13)12-22(2)11-14-6-5-7-15(19)10-14/h3-10H,11-12H2,1-2H3. The van der Waals surface area contributed by atoms with Gasteiger partial charge in [0, 0.05) is 17.6 Å². The second-order valence-electron chi connectivity index (χ2n) is 5.54. The zero-order valence-electron chi connectivity index (χ0n) is 12.8. The van der Waals surface area contributed by atoms with Crippen molar-refractivity contribution in [1.82, 2.24) is 14.9 Å². The third-order valence-corrected chi connectivity index (χ3v) is 3.59. The number of hydrogen-bond acceptors (Lipinski definition) is 3. The lowest BCUT2D eigenvalue weighted by Crippen LogP contribution is -2.19. The minimum absolute atomic E-state index is 0.205. The number of para-hydroxylation sites is 1. The molecule has 2 aromatic carbocycles. The lowest BCUT2D eigenvalue weighted by atomic mass is 10.2. The third kappa shape index (κ3) is 3.28. The smallest absolute Gasteiger partial charge is 0.143 e. The van der Waals surface area contributed by atoms with Gasteiger partial charge < -0.3 is 0 Å². The number of hydrogen-bond donors (Lipinski definition) is 0.